The molecule has 1 fully saturated rings. The van der Waals surface area contributed by atoms with E-state index in [1.807, 2.05) is 12.2 Å². The molecule has 2 aromatic carbocycles. The average Bonchev–Trinajstić information content (AvgIpc) is 2.62. The number of hydrogen-bond donors (Lipinski definition) is 0. The van der Waals surface area contributed by atoms with Gasteiger partial charge in [0.15, 0.2) is 7.83 Å². The van der Waals surface area contributed by atoms with Crippen molar-refractivity contribution in [1.82, 2.24) is 0 Å². The molecule has 0 atom stereocenters. The molecule has 1 aliphatic heterocycles. The molecule has 1 saturated heterocycles. The lowest BCUT2D eigenvalue weighted by Crippen LogP contribution is -2.79. The van der Waals surface area contributed by atoms with E-state index in [1.165, 1.54) is 16.4 Å². The lowest BCUT2D eigenvalue weighted by atomic mass is 10.0. The van der Waals surface area contributed by atoms with Crippen LogP contribution in [0, 0.1) is 0 Å². The van der Waals surface area contributed by atoms with Gasteiger partial charge in [-0.05, 0) is 25.6 Å². The molecule has 0 amide bonds. The van der Waals surface area contributed by atoms with Crippen LogP contribution >= 0.6 is 0 Å². The van der Waals surface area contributed by atoms with E-state index in [0.717, 1.165) is 6.42 Å². The molecule has 0 saturated carbocycles. The summed E-state index contributed by atoms with van der Waals surface area (Å²) in [5, 5.41) is 2.99. The maximum atomic E-state index is 6.85. The summed E-state index contributed by atoms with van der Waals surface area (Å²) in [4.78, 5) is 0. The zero-order valence-corrected chi connectivity index (χ0v) is 16.7. The van der Waals surface area contributed by atoms with Crippen LogP contribution in [0.5, 0.6) is 0 Å². The fraction of sp³-hybridized carbons (Fsp3) is 0.238. The van der Waals surface area contributed by atoms with Gasteiger partial charge in [-0.15, -0.1) is 0 Å². The molecule has 0 N–H and O–H groups in total. The lowest BCUT2D eigenvalue weighted by molar-refractivity contribution is 0.156. The first-order valence-corrected chi connectivity index (χ1v) is 14.7. The van der Waals surface area contributed by atoms with Gasteiger partial charge in [0.05, 0.1) is 5.60 Å². The minimum absolute atomic E-state index is 0.365. The molecule has 1 heterocycles. The molecule has 1 nitrogen and oxygen atoms in total. The van der Waals surface area contributed by atoms with Gasteiger partial charge in [0.25, 0.3) is 0 Å². The first kappa shape index (κ1) is 17.1. The molecular weight excluding hydrogens is 324 g/mol. The number of benzene rings is 2. The molecule has 0 spiro atoms. The monoisotopic (exact) mass is 350 g/mol. The molecule has 0 unspecified atom stereocenters. The van der Waals surface area contributed by atoms with E-state index in [9.17, 15) is 0 Å². The molecular formula is C21H26OSi2. The predicted octanol–water partition coefficient (Wildman–Crippen LogP) is 4.06. The Bertz CT molecular complexity index is 675. The summed E-state index contributed by atoms with van der Waals surface area (Å²) in [5.74, 6) is 0. The first-order valence-electron chi connectivity index (χ1n) is 8.58. The maximum Gasteiger partial charge on any atom is 0.186 e. The standard InChI is InChI=1S/C21H26OSi2/c1-5-21(6-2)17-18-24(23(3,4)22-21,19-13-9-7-10-14-19)20-15-11-8-12-16-20/h5-16H,1-2,17-18H2,3-4H3. The summed E-state index contributed by atoms with van der Waals surface area (Å²) in [6.07, 6.45) is 4.86. The molecule has 3 heteroatoms. The van der Waals surface area contributed by atoms with Gasteiger partial charge in [-0.2, -0.15) is 0 Å². The largest absolute Gasteiger partial charge is 0.407 e. The second-order valence-corrected chi connectivity index (χ2v) is 20.0. The Labute approximate surface area is 147 Å². The fourth-order valence-corrected chi connectivity index (χ4v) is 19.3. The minimum atomic E-state index is -2.03. The van der Waals surface area contributed by atoms with E-state index in [0.29, 0.717) is 0 Å². The highest BCUT2D eigenvalue weighted by molar-refractivity contribution is 7.49. The third kappa shape index (κ3) is 2.57. The van der Waals surface area contributed by atoms with E-state index < -0.39 is 15.4 Å². The van der Waals surface area contributed by atoms with Gasteiger partial charge < -0.3 is 4.43 Å². The Morgan fingerprint density at radius 3 is 1.71 bits per heavy atom. The van der Waals surface area contributed by atoms with Crippen LogP contribution in [0.4, 0.5) is 0 Å². The predicted molar refractivity (Wildman–Crippen MR) is 109 cm³/mol. The molecule has 0 aromatic heterocycles. The van der Waals surface area contributed by atoms with E-state index in [4.69, 9.17) is 4.43 Å². The van der Waals surface area contributed by atoms with Crippen molar-refractivity contribution in [3.8, 4) is 0 Å². The third-order valence-electron chi connectivity index (χ3n) is 5.59. The van der Waals surface area contributed by atoms with Crippen molar-refractivity contribution in [3.63, 3.8) is 0 Å². The summed E-state index contributed by atoms with van der Waals surface area (Å²) in [7, 11) is -4.00. The summed E-state index contributed by atoms with van der Waals surface area (Å²) in [6.45, 7) is 12.8. The van der Waals surface area contributed by atoms with Crippen LogP contribution in [0.15, 0.2) is 86.0 Å². The number of hydrogen-bond acceptors (Lipinski definition) is 1. The van der Waals surface area contributed by atoms with E-state index >= 15 is 0 Å². The molecule has 0 aliphatic carbocycles. The van der Waals surface area contributed by atoms with E-state index in [1.54, 1.807) is 0 Å². The van der Waals surface area contributed by atoms with Crippen LogP contribution in [0.25, 0.3) is 0 Å². The van der Waals surface area contributed by atoms with Gasteiger partial charge in [-0.3, -0.25) is 0 Å². The van der Waals surface area contributed by atoms with Crippen LogP contribution in [0.3, 0.4) is 0 Å². The summed E-state index contributed by atoms with van der Waals surface area (Å²) < 4.78 is 6.85. The Morgan fingerprint density at radius 1 is 0.875 bits per heavy atom. The Hall–Kier alpha value is -1.69. The van der Waals surface area contributed by atoms with E-state index in [-0.39, 0.29) is 5.60 Å². The average molecular weight is 351 g/mol. The highest BCUT2D eigenvalue weighted by Gasteiger charge is 2.58. The Balaban J connectivity index is 2.21. The van der Waals surface area contributed by atoms with Crippen LogP contribution in [0.1, 0.15) is 6.42 Å². The van der Waals surface area contributed by atoms with Gasteiger partial charge >= 0.3 is 0 Å². The Morgan fingerprint density at radius 2 is 1.33 bits per heavy atom. The second kappa shape index (κ2) is 6.32. The number of rotatable bonds is 4. The van der Waals surface area contributed by atoms with Crippen molar-refractivity contribution >= 4 is 25.8 Å². The summed E-state index contributed by atoms with van der Waals surface area (Å²) in [5.41, 5.74) is -0.365. The van der Waals surface area contributed by atoms with Crippen LogP contribution in [-0.4, -0.2) is 21.0 Å². The van der Waals surface area contributed by atoms with Crippen LogP contribution in [-0.2, 0) is 4.43 Å². The SMILES string of the molecule is C=CC1(C=C)CC[Si](c2ccccc2)(c2ccccc2)[Si](C)(C)O1. The highest BCUT2D eigenvalue weighted by atomic mass is 29.3. The van der Waals surface area contributed by atoms with Gasteiger partial charge in [0.2, 0.25) is 0 Å². The zero-order chi connectivity index (χ0) is 17.3. The summed E-state index contributed by atoms with van der Waals surface area (Å²) >= 11 is 0. The minimum Gasteiger partial charge on any atom is -0.407 e. The van der Waals surface area contributed by atoms with Gasteiger partial charge in [-0.1, -0.05) is 96.3 Å². The van der Waals surface area contributed by atoms with Crippen molar-refractivity contribution in [3.05, 3.63) is 86.0 Å². The molecule has 24 heavy (non-hydrogen) atoms. The second-order valence-electron chi connectivity index (χ2n) is 7.11. The Kier molecular flexibility index (Phi) is 4.51. The third-order valence-corrected chi connectivity index (χ3v) is 21.1. The van der Waals surface area contributed by atoms with Crippen molar-refractivity contribution in [2.75, 3.05) is 0 Å². The van der Waals surface area contributed by atoms with Crippen LogP contribution < -0.4 is 10.4 Å². The normalized spacial score (nSPS) is 20.9. The molecule has 2 aromatic rings. The van der Waals surface area contributed by atoms with E-state index in [2.05, 4.69) is 86.9 Å². The van der Waals surface area contributed by atoms with Crippen molar-refractivity contribution in [2.24, 2.45) is 0 Å². The molecule has 1 aliphatic rings. The first-order chi connectivity index (χ1) is 11.5. The highest BCUT2D eigenvalue weighted by Crippen LogP contribution is 2.40. The van der Waals surface area contributed by atoms with Gasteiger partial charge in [-0.25, -0.2) is 0 Å². The smallest absolute Gasteiger partial charge is 0.186 e. The van der Waals surface area contributed by atoms with Crippen molar-refractivity contribution in [1.29, 1.82) is 0 Å². The van der Waals surface area contributed by atoms with Gasteiger partial charge in [0.1, 0.15) is 7.59 Å². The lowest BCUT2D eigenvalue weighted by Gasteiger charge is -2.53. The van der Waals surface area contributed by atoms with Crippen molar-refractivity contribution < 1.29 is 4.43 Å². The van der Waals surface area contributed by atoms with Crippen LogP contribution in [0.2, 0.25) is 19.1 Å². The fourth-order valence-electron chi connectivity index (χ4n) is 4.26. The van der Waals surface area contributed by atoms with Crippen molar-refractivity contribution in [2.45, 2.75) is 31.2 Å². The molecule has 3 rings (SSSR count). The van der Waals surface area contributed by atoms with Gasteiger partial charge in [0, 0.05) is 0 Å². The maximum absolute atomic E-state index is 6.85. The summed E-state index contributed by atoms with van der Waals surface area (Å²) in [6, 6.07) is 23.3. The molecule has 0 bridgehead atoms. The zero-order valence-electron chi connectivity index (χ0n) is 14.7. The molecule has 124 valence electrons. The quantitative estimate of drug-likeness (QED) is 0.597. The topological polar surface area (TPSA) is 9.23 Å². The molecule has 0 radical (unpaired) electrons.